The van der Waals surface area contributed by atoms with Crippen molar-refractivity contribution in [1.82, 2.24) is 0 Å². The summed E-state index contributed by atoms with van der Waals surface area (Å²) in [6.07, 6.45) is 0. The number of imide groups is 1. The van der Waals surface area contributed by atoms with Crippen molar-refractivity contribution in [3.05, 3.63) is 101 Å². The monoisotopic (exact) mass is 415 g/mol. The maximum atomic E-state index is 13.5. The van der Waals surface area contributed by atoms with E-state index in [2.05, 4.69) is 0 Å². The molecule has 0 aromatic heterocycles. The van der Waals surface area contributed by atoms with Gasteiger partial charge in [-0.05, 0) is 30.2 Å². The van der Waals surface area contributed by atoms with E-state index in [-0.39, 0.29) is 11.8 Å². The Morgan fingerprint density at radius 2 is 1.43 bits per heavy atom. The predicted octanol–water partition coefficient (Wildman–Crippen LogP) is 5.30. The van der Waals surface area contributed by atoms with Crippen molar-refractivity contribution in [1.29, 1.82) is 0 Å². The summed E-state index contributed by atoms with van der Waals surface area (Å²) < 4.78 is 5.68. The highest BCUT2D eigenvalue weighted by atomic mass is 32.2. The molecule has 0 unspecified atom stereocenters. The van der Waals surface area contributed by atoms with Crippen LogP contribution >= 0.6 is 11.8 Å². The summed E-state index contributed by atoms with van der Waals surface area (Å²) in [5.74, 6) is 0.483. The molecule has 1 aliphatic heterocycles. The van der Waals surface area contributed by atoms with Crippen LogP contribution in [0.2, 0.25) is 0 Å². The zero-order valence-corrected chi connectivity index (χ0v) is 17.4. The van der Waals surface area contributed by atoms with Crippen molar-refractivity contribution >= 4 is 34.8 Å². The lowest BCUT2D eigenvalue weighted by Gasteiger charge is -2.18. The molecule has 0 N–H and O–H groups in total. The molecule has 4 rings (SSSR count). The average molecular weight is 416 g/mol. The molecule has 30 heavy (non-hydrogen) atoms. The molecular weight excluding hydrogens is 394 g/mol. The van der Waals surface area contributed by atoms with Crippen LogP contribution in [0.3, 0.4) is 0 Å². The van der Waals surface area contributed by atoms with Crippen LogP contribution in [0.1, 0.15) is 18.1 Å². The molecule has 0 fully saturated rings. The first-order valence-corrected chi connectivity index (χ1v) is 10.8. The van der Waals surface area contributed by atoms with E-state index in [0.717, 1.165) is 11.1 Å². The Morgan fingerprint density at radius 3 is 2.13 bits per heavy atom. The largest absolute Gasteiger partial charge is 0.492 e. The van der Waals surface area contributed by atoms with Gasteiger partial charge in [0.25, 0.3) is 11.8 Å². The Bertz CT molecular complexity index is 1090. The molecule has 1 aliphatic rings. The number of hydrogen-bond donors (Lipinski definition) is 0. The highest BCUT2D eigenvalue weighted by Crippen LogP contribution is 2.41. The lowest BCUT2D eigenvalue weighted by Crippen LogP contribution is -2.31. The molecule has 4 nitrogen and oxygen atoms in total. The lowest BCUT2D eigenvalue weighted by atomic mass is 10.1. The minimum atomic E-state index is -0.325. The third kappa shape index (κ3) is 3.89. The number of hydrogen-bond acceptors (Lipinski definition) is 4. The third-order valence-electron chi connectivity index (χ3n) is 4.74. The van der Waals surface area contributed by atoms with Crippen LogP contribution in [0, 0.1) is 0 Å². The van der Waals surface area contributed by atoms with Gasteiger partial charge >= 0.3 is 0 Å². The van der Waals surface area contributed by atoms with Gasteiger partial charge in [0.05, 0.1) is 22.8 Å². The van der Waals surface area contributed by atoms with Gasteiger partial charge in [0.1, 0.15) is 5.75 Å². The molecule has 3 aromatic rings. The van der Waals surface area contributed by atoms with Gasteiger partial charge < -0.3 is 4.74 Å². The number of ether oxygens (including phenoxy) is 1. The quantitative estimate of drug-likeness (QED) is 0.491. The maximum absolute atomic E-state index is 13.5. The maximum Gasteiger partial charge on any atom is 0.272 e. The molecule has 0 bridgehead atoms. The number of nitrogens with zero attached hydrogens (tertiary/aromatic N) is 1. The van der Waals surface area contributed by atoms with E-state index in [1.54, 1.807) is 18.2 Å². The summed E-state index contributed by atoms with van der Waals surface area (Å²) in [6, 6.07) is 26.4. The van der Waals surface area contributed by atoms with Gasteiger partial charge in [-0.1, -0.05) is 72.8 Å². The van der Waals surface area contributed by atoms with Gasteiger partial charge in [-0.15, -0.1) is 11.8 Å². The van der Waals surface area contributed by atoms with E-state index >= 15 is 0 Å². The predicted molar refractivity (Wildman–Crippen MR) is 121 cm³/mol. The van der Waals surface area contributed by atoms with E-state index in [0.29, 0.717) is 34.3 Å². The number of carbonyl (C=O) groups is 2. The summed E-state index contributed by atoms with van der Waals surface area (Å²) in [5.41, 5.74) is 2.74. The number of thioether (sulfide) groups is 1. The van der Waals surface area contributed by atoms with Gasteiger partial charge in [-0.25, -0.2) is 4.90 Å². The van der Waals surface area contributed by atoms with Crippen LogP contribution in [0.15, 0.2) is 89.8 Å². The molecule has 0 saturated heterocycles. The molecular formula is C25H21NO3S. The highest BCUT2D eigenvalue weighted by molar-refractivity contribution is 8.03. The Hall–Kier alpha value is -3.31. The number of carbonyl (C=O) groups excluding carboxylic acids is 2. The topological polar surface area (TPSA) is 46.6 Å². The first kappa shape index (κ1) is 20.0. The highest BCUT2D eigenvalue weighted by Gasteiger charge is 2.41. The van der Waals surface area contributed by atoms with Crippen molar-refractivity contribution in [3.63, 3.8) is 0 Å². The number of anilines is 1. The Kier molecular flexibility index (Phi) is 6.00. The van der Waals surface area contributed by atoms with Gasteiger partial charge in [0.2, 0.25) is 0 Å². The molecule has 3 aromatic carbocycles. The minimum Gasteiger partial charge on any atom is -0.492 e. The molecule has 150 valence electrons. The fourth-order valence-corrected chi connectivity index (χ4v) is 4.44. The molecule has 1 heterocycles. The number of rotatable bonds is 7. The molecule has 0 radical (unpaired) electrons. The van der Waals surface area contributed by atoms with Crippen LogP contribution in [-0.2, 0) is 15.3 Å². The summed E-state index contributed by atoms with van der Waals surface area (Å²) >= 11 is 1.40. The smallest absolute Gasteiger partial charge is 0.272 e. The Labute approximate surface area is 180 Å². The summed E-state index contributed by atoms with van der Waals surface area (Å²) in [7, 11) is 0. The third-order valence-corrected chi connectivity index (χ3v) is 5.88. The van der Waals surface area contributed by atoms with Gasteiger partial charge in [0, 0.05) is 5.75 Å². The average Bonchev–Trinajstić information content (AvgIpc) is 3.03. The van der Waals surface area contributed by atoms with E-state index in [9.17, 15) is 9.59 Å². The zero-order valence-electron chi connectivity index (χ0n) is 16.6. The standard InChI is InChI=1S/C25H21NO3S/c1-2-29-21-16-10-9-15-20(21)26-24(27)22(19-13-7-4-8-14-19)23(25(26)28)30-17-18-11-5-3-6-12-18/h3-16H,2,17H2,1H3. The van der Waals surface area contributed by atoms with Crippen molar-refractivity contribution in [2.75, 3.05) is 11.5 Å². The summed E-state index contributed by atoms with van der Waals surface area (Å²) in [6.45, 7) is 2.32. The molecule has 0 atom stereocenters. The van der Waals surface area contributed by atoms with E-state index < -0.39 is 0 Å². The second kappa shape index (κ2) is 9.01. The molecule has 2 amide bonds. The second-order valence-electron chi connectivity index (χ2n) is 6.69. The van der Waals surface area contributed by atoms with Crippen LogP contribution in [0.5, 0.6) is 5.75 Å². The van der Waals surface area contributed by atoms with Crippen molar-refractivity contribution in [2.24, 2.45) is 0 Å². The first-order valence-electron chi connectivity index (χ1n) is 9.77. The van der Waals surface area contributed by atoms with Crippen LogP contribution < -0.4 is 9.64 Å². The zero-order chi connectivity index (χ0) is 20.9. The fraction of sp³-hybridized carbons (Fsp3) is 0.120. The van der Waals surface area contributed by atoms with Crippen molar-refractivity contribution in [2.45, 2.75) is 12.7 Å². The van der Waals surface area contributed by atoms with Crippen molar-refractivity contribution < 1.29 is 14.3 Å². The molecule has 5 heteroatoms. The molecule has 0 spiro atoms. The lowest BCUT2D eigenvalue weighted by molar-refractivity contribution is -0.119. The van der Waals surface area contributed by atoms with Crippen LogP contribution in [0.25, 0.3) is 5.57 Å². The van der Waals surface area contributed by atoms with Crippen LogP contribution in [-0.4, -0.2) is 18.4 Å². The Balaban J connectivity index is 1.75. The number of benzene rings is 3. The van der Waals surface area contributed by atoms with Gasteiger partial charge in [-0.3, -0.25) is 9.59 Å². The molecule has 0 saturated carbocycles. The Morgan fingerprint density at radius 1 is 0.800 bits per heavy atom. The summed E-state index contributed by atoms with van der Waals surface area (Å²) in [4.78, 5) is 28.6. The van der Waals surface area contributed by atoms with E-state index in [4.69, 9.17) is 4.74 Å². The number of para-hydroxylation sites is 2. The first-order chi connectivity index (χ1) is 14.7. The van der Waals surface area contributed by atoms with Crippen molar-refractivity contribution in [3.8, 4) is 5.75 Å². The van der Waals surface area contributed by atoms with E-state index in [1.165, 1.54) is 16.7 Å². The normalized spacial score (nSPS) is 13.8. The SMILES string of the molecule is CCOc1ccccc1N1C(=O)C(SCc2ccccc2)=C(c2ccccc2)C1=O. The fourth-order valence-electron chi connectivity index (χ4n) is 3.37. The molecule has 0 aliphatic carbocycles. The van der Waals surface area contributed by atoms with Gasteiger partial charge in [0.15, 0.2) is 0 Å². The minimum absolute atomic E-state index is 0.313. The van der Waals surface area contributed by atoms with Gasteiger partial charge in [-0.2, -0.15) is 0 Å². The van der Waals surface area contributed by atoms with Crippen LogP contribution in [0.4, 0.5) is 5.69 Å². The number of amides is 2. The second-order valence-corrected chi connectivity index (χ2v) is 7.68. The summed E-state index contributed by atoms with van der Waals surface area (Å²) in [5, 5.41) is 0. The van der Waals surface area contributed by atoms with E-state index in [1.807, 2.05) is 73.7 Å².